The first-order valence-electron chi connectivity index (χ1n) is 9.70. The molecule has 0 fully saturated rings. The Morgan fingerprint density at radius 3 is 2.50 bits per heavy atom. The van der Waals surface area contributed by atoms with Crippen molar-refractivity contribution in [2.24, 2.45) is 4.99 Å². The average Bonchev–Trinajstić information content (AvgIpc) is 3.04. The molecule has 9 heteroatoms. The molecule has 0 bridgehead atoms. The molecule has 0 spiro atoms. The van der Waals surface area contributed by atoms with Crippen LogP contribution in [0, 0.1) is 0 Å². The third kappa shape index (κ3) is 4.28. The molecule has 0 saturated heterocycles. The number of ether oxygens (including phenoxy) is 1. The summed E-state index contributed by atoms with van der Waals surface area (Å²) in [5.41, 5.74) is 1.92. The van der Waals surface area contributed by atoms with Gasteiger partial charge in [-0.3, -0.25) is 9.36 Å². The molecule has 32 heavy (non-hydrogen) atoms. The van der Waals surface area contributed by atoms with Gasteiger partial charge in [0.15, 0.2) is 4.80 Å². The van der Waals surface area contributed by atoms with E-state index in [-0.39, 0.29) is 12.2 Å². The molecular weight excluding hydrogens is 491 g/mol. The van der Waals surface area contributed by atoms with Crippen LogP contribution in [0.2, 0.25) is 15.1 Å². The number of carbonyl (C=O) groups is 1. The summed E-state index contributed by atoms with van der Waals surface area (Å²) >= 11 is 19.6. The molecule has 0 saturated carbocycles. The van der Waals surface area contributed by atoms with Gasteiger partial charge in [-0.15, -0.1) is 0 Å². The van der Waals surface area contributed by atoms with Crippen LogP contribution in [0.3, 0.4) is 0 Å². The predicted molar refractivity (Wildman–Crippen MR) is 128 cm³/mol. The van der Waals surface area contributed by atoms with E-state index in [1.54, 1.807) is 62.4 Å². The minimum absolute atomic E-state index is 0.211. The van der Waals surface area contributed by atoms with Gasteiger partial charge in [0.2, 0.25) is 0 Å². The lowest BCUT2D eigenvalue weighted by molar-refractivity contribution is -0.139. The molecule has 1 unspecified atom stereocenters. The third-order valence-corrected chi connectivity index (χ3v) is 6.75. The molecule has 1 atom stereocenters. The molecule has 2 aromatic carbocycles. The number of rotatable bonds is 4. The van der Waals surface area contributed by atoms with Crippen molar-refractivity contribution >= 4 is 58.2 Å². The number of fused-ring (bicyclic) bond motifs is 1. The molecule has 1 aromatic heterocycles. The van der Waals surface area contributed by atoms with Crippen LogP contribution in [0.4, 0.5) is 0 Å². The normalized spacial score (nSPS) is 16.0. The van der Waals surface area contributed by atoms with E-state index in [9.17, 15) is 9.59 Å². The summed E-state index contributed by atoms with van der Waals surface area (Å²) in [7, 11) is 0. The van der Waals surface area contributed by atoms with Gasteiger partial charge >= 0.3 is 5.97 Å². The van der Waals surface area contributed by atoms with Crippen LogP contribution in [0.25, 0.3) is 6.08 Å². The first-order chi connectivity index (χ1) is 15.3. The van der Waals surface area contributed by atoms with Gasteiger partial charge in [0, 0.05) is 15.1 Å². The van der Waals surface area contributed by atoms with Gasteiger partial charge in [-0.05, 0) is 55.3 Å². The molecule has 4 rings (SSSR count). The van der Waals surface area contributed by atoms with Gasteiger partial charge in [0.05, 0.1) is 28.5 Å². The van der Waals surface area contributed by atoms with E-state index in [1.807, 2.05) is 0 Å². The number of hydrogen-bond donors (Lipinski definition) is 0. The SMILES string of the molecule is CCOC(=O)C1=C(C)N=c2s/c(=C\c3ccc(Cl)cc3Cl)c(=O)n2C1c1ccc(Cl)cc1. The van der Waals surface area contributed by atoms with Crippen molar-refractivity contribution in [3.8, 4) is 0 Å². The van der Waals surface area contributed by atoms with Crippen molar-refractivity contribution in [2.45, 2.75) is 19.9 Å². The fourth-order valence-electron chi connectivity index (χ4n) is 3.51. The zero-order valence-corrected chi connectivity index (χ0v) is 20.1. The van der Waals surface area contributed by atoms with E-state index in [2.05, 4.69) is 4.99 Å². The number of nitrogens with zero attached hydrogens (tertiary/aromatic N) is 2. The monoisotopic (exact) mass is 506 g/mol. The maximum atomic E-state index is 13.5. The number of halogens is 3. The lowest BCUT2D eigenvalue weighted by Gasteiger charge is -2.24. The number of aromatic nitrogens is 1. The second kappa shape index (κ2) is 9.24. The molecule has 0 amide bonds. The van der Waals surface area contributed by atoms with E-state index in [0.29, 0.717) is 41.2 Å². The highest BCUT2D eigenvalue weighted by Gasteiger charge is 2.33. The Labute approximate surface area is 202 Å². The van der Waals surface area contributed by atoms with Crippen molar-refractivity contribution in [3.05, 3.63) is 99.6 Å². The summed E-state index contributed by atoms with van der Waals surface area (Å²) in [4.78, 5) is 31.4. The van der Waals surface area contributed by atoms with E-state index < -0.39 is 12.0 Å². The molecule has 2 heterocycles. The Morgan fingerprint density at radius 1 is 1.16 bits per heavy atom. The van der Waals surface area contributed by atoms with Gasteiger partial charge < -0.3 is 4.74 Å². The molecule has 1 aliphatic rings. The number of allylic oxidation sites excluding steroid dienone is 1. The van der Waals surface area contributed by atoms with Gasteiger partial charge in [-0.25, -0.2) is 9.79 Å². The standard InChI is InChI=1S/C23H17Cl3N2O3S/c1-3-31-22(30)19-12(2)27-23-28(20(19)13-4-7-15(24)8-5-13)21(29)18(32-23)10-14-6-9-16(25)11-17(14)26/h4-11,20H,3H2,1-2H3/b18-10-. The third-order valence-electron chi connectivity index (χ3n) is 4.95. The number of carbonyl (C=O) groups excluding carboxylic acids is 1. The Balaban J connectivity index is 1.96. The second-order valence-corrected chi connectivity index (χ2v) is 9.31. The van der Waals surface area contributed by atoms with Crippen molar-refractivity contribution in [3.63, 3.8) is 0 Å². The molecule has 0 N–H and O–H groups in total. The fourth-order valence-corrected chi connectivity index (χ4v) is 5.14. The van der Waals surface area contributed by atoms with Gasteiger partial charge in [-0.2, -0.15) is 0 Å². The molecule has 0 radical (unpaired) electrons. The summed E-state index contributed by atoms with van der Waals surface area (Å²) in [6.45, 7) is 3.68. The van der Waals surface area contributed by atoms with E-state index in [4.69, 9.17) is 39.5 Å². The average molecular weight is 508 g/mol. The summed E-state index contributed by atoms with van der Waals surface area (Å²) in [5.74, 6) is -0.510. The van der Waals surface area contributed by atoms with Crippen molar-refractivity contribution in [2.75, 3.05) is 6.61 Å². The van der Waals surface area contributed by atoms with Crippen LogP contribution in [0.5, 0.6) is 0 Å². The minimum Gasteiger partial charge on any atom is -0.463 e. The quantitative estimate of drug-likeness (QED) is 0.479. The van der Waals surface area contributed by atoms with Crippen LogP contribution in [0.1, 0.15) is 31.0 Å². The lowest BCUT2D eigenvalue weighted by Crippen LogP contribution is -2.39. The van der Waals surface area contributed by atoms with Crippen molar-refractivity contribution in [1.29, 1.82) is 0 Å². The molecule has 164 valence electrons. The highest BCUT2D eigenvalue weighted by molar-refractivity contribution is 7.07. The molecule has 3 aromatic rings. The summed E-state index contributed by atoms with van der Waals surface area (Å²) in [6.07, 6.45) is 1.70. The van der Waals surface area contributed by atoms with Gasteiger partial charge in [0.25, 0.3) is 5.56 Å². The zero-order valence-electron chi connectivity index (χ0n) is 17.1. The van der Waals surface area contributed by atoms with E-state index >= 15 is 0 Å². The molecule has 5 nitrogen and oxygen atoms in total. The first kappa shape index (κ1) is 22.8. The smallest absolute Gasteiger partial charge is 0.338 e. The number of benzene rings is 2. The van der Waals surface area contributed by atoms with E-state index in [1.165, 1.54) is 15.9 Å². The second-order valence-electron chi connectivity index (χ2n) is 7.02. The predicted octanol–water partition coefficient (Wildman–Crippen LogP) is 4.76. The van der Waals surface area contributed by atoms with Crippen molar-refractivity contribution in [1.82, 2.24) is 4.57 Å². The van der Waals surface area contributed by atoms with Crippen LogP contribution in [-0.4, -0.2) is 17.1 Å². The Morgan fingerprint density at radius 2 is 1.84 bits per heavy atom. The van der Waals surface area contributed by atoms with Crippen LogP contribution >= 0.6 is 46.1 Å². The highest BCUT2D eigenvalue weighted by Crippen LogP contribution is 2.31. The van der Waals surface area contributed by atoms with Gasteiger partial charge in [0.1, 0.15) is 0 Å². The maximum Gasteiger partial charge on any atom is 0.338 e. The van der Waals surface area contributed by atoms with Crippen LogP contribution in [0.15, 0.2) is 63.5 Å². The van der Waals surface area contributed by atoms with E-state index in [0.717, 1.165) is 5.56 Å². The Bertz CT molecular complexity index is 1420. The summed E-state index contributed by atoms with van der Waals surface area (Å²) in [6, 6.07) is 11.4. The Kier molecular flexibility index (Phi) is 6.58. The van der Waals surface area contributed by atoms with Gasteiger partial charge in [-0.1, -0.05) is 64.3 Å². The molecule has 0 aliphatic carbocycles. The Hall–Kier alpha value is -2.38. The summed E-state index contributed by atoms with van der Waals surface area (Å²) < 4.78 is 7.23. The number of hydrogen-bond acceptors (Lipinski definition) is 5. The minimum atomic E-state index is -0.689. The zero-order chi connectivity index (χ0) is 23.0. The fraction of sp³-hybridized carbons (Fsp3) is 0.174. The maximum absolute atomic E-state index is 13.5. The highest BCUT2D eigenvalue weighted by atomic mass is 35.5. The molecule has 1 aliphatic heterocycles. The summed E-state index contributed by atoms with van der Waals surface area (Å²) in [5, 5.41) is 1.49. The number of thiazole rings is 1. The van der Waals surface area contributed by atoms with Crippen molar-refractivity contribution < 1.29 is 9.53 Å². The lowest BCUT2D eigenvalue weighted by atomic mass is 9.96. The van der Waals surface area contributed by atoms with Crippen LogP contribution < -0.4 is 14.9 Å². The first-order valence-corrected chi connectivity index (χ1v) is 11.7. The number of esters is 1. The largest absolute Gasteiger partial charge is 0.463 e. The topological polar surface area (TPSA) is 60.7 Å². The van der Waals surface area contributed by atoms with Crippen LogP contribution in [-0.2, 0) is 9.53 Å². The molecular formula is C23H17Cl3N2O3S.